The number of aromatic nitrogens is 2. The number of pyridine rings is 1. The maximum absolute atomic E-state index is 11.4. The third kappa shape index (κ3) is 4.78. The van der Waals surface area contributed by atoms with Gasteiger partial charge in [-0.25, -0.2) is 4.98 Å². The molecule has 4 aromatic rings. The molecular formula is C28H29N3O3. The third-order valence-corrected chi connectivity index (χ3v) is 6.33. The standard InChI is InChI=1S/C28H29N3O3/c1-19-7-8-21(16-30-28(3,18-32)27(33)34)15-23(19)10-9-22-5-4-6-25(20(22)2)24-11-12-26-29-13-14-31(26)17-24/h4-15,17,30,32H,16,18H2,1-3H3,(H,33,34)/b10-9+/t28-/m0/s1. The molecule has 6 heteroatoms. The average molecular weight is 456 g/mol. The number of fused-ring (bicyclic) bond motifs is 1. The lowest BCUT2D eigenvalue weighted by molar-refractivity contribution is -0.145. The van der Waals surface area contributed by atoms with Crippen LogP contribution in [-0.2, 0) is 11.3 Å². The molecule has 34 heavy (non-hydrogen) atoms. The number of nitrogens with zero attached hydrogens (tertiary/aromatic N) is 2. The van der Waals surface area contributed by atoms with Crippen LogP contribution in [0, 0.1) is 13.8 Å². The molecule has 0 aliphatic rings. The van der Waals surface area contributed by atoms with Gasteiger partial charge in [0.25, 0.3) is 0 Å². The number of aliphatic hydroxyl groups excluding tert-OH is 1. The van der Waals surface area contributed by atoms with Gasteiger partial charge in [-0.05, 0) is 71.8 Å². The first-order valence-corrected chi connectivity index (χ1v) is 11.2. The molecule has 0 spiro atoms. The topological polar surface area (TPSA) is 86.9 Å². The summed E-state index contributed by atoms with van der Waals surface area (Å²) in [6, 6.07) is 16.4. The van der Waals surface area contributed by atoms with Gasteiger partial charge in [0.2, 0.25) is 0 Å². The molecular weight excluding hydrogens is 426 g/mol. The SMILES string of the molecule is Cc1ccc(CN[C@@](C)(CO)C(=O)O)cc1/C=C/c1cccc(-c2ccc3nccn3c2)c1C. The molecule has 4 rings (SSSR count). The van der Waals surface area contributed by atoms with Gasteiger partial charge in [-0.2, -0.15) is 0 Å². The van der Waals surface area contributed by atoms with E-state index in [0.29, 0.717) is 6.54 Å². The van der Waals surface area contributed by atoms with E-state index in [1.807, 2.05) is 34.9 Å². The van der Waals surface area contributed by atoms with Gasteiger partial charge < -0.3 is 14.6 Å². The van der Waals surface area contributed by atoms with E-state index in [1.165, 1.54) is 18.1 Å². The predicted molar refractivity (Wildman–Crippen MR) is 135 cm³/mol. The largest absolute Gasteiger partial charge is 0.480 e. The van der Waals surface area contributed by atoms with E-state index in [-0.39, 0.29) is 0 Å². The summed E-state index contributed by atoms with van der Waals surface area (Å²) >= 11 is 0. The second-order valence-electron chi connectivity index (χ2n) is 8.80. The number of carboxylic acids is 1. The highest BCUT2D eigenvalue weighted by atomic mass is 16.4. The second-order valence-corrected chi connectivity index (χ2v) is 8.80. The van der Waals surface area contributed by atoms with Crippen LogP contribution >= 0.6 is 0 Å². The summed E-state index contributed by atoms with van der Waals surface area (Å²) in [5.74, 6) is -1.08. The number of aryl methyl sites for hydroxylation is 1. The summed E-state index contributed by atoms with van der Waals surface area (Å²) in [4.78, 5) is 15.7. The fourth-order valence-corrected chi connectivity index (χ4v) is 3.88. The number of carbonyl (C=O) groups is 1. The van der Waals surface area contributed by atoms with Crippen molar-refractivity contribution in [2.75, 3.05) is 6.61 Å². The fourth-order valence-electron chi connectivity index (χ4n) is 3.88. The molecule has 0 radical (unpaired) electrons. The van der Waals surface area contributed by atoms with Gasteiger partial charge in [-0.3, -0.25) is 10.1 Å². The summed E-state index contributed by atoms with van der Waals surface area (Å²) in [6.07, 6.45) is 10.0. The number of benzene rings is 2. The van der Waals surface area contributed by atoms with Crippen LogP contribution in [-0.4, -0.2) is 37.7 Å². The third-order valence-electron chi connectivity index (χ3n) is 6.33. The van der Waals surface area contributed by atoms with E-state index < -0.39 is 18.1 Å². The van der Waals surface area contributed by atoms with Gasteiger partial charge in [-0.1, -0.05) is 48.6 Å². The molecule has 0 amide bonds. The second kappa shape index (κ2) is 9.63. The molecule has 0 aliphatic carbocycles. The monoisotopic (exact) mass is 455 g/mol. The average Bonchev–Trinajstić information content (AvgIpc) is 3.31. The Kier molecular flexibility index (Phi) is 6.63. The van der Waals surface area contributed by atoms with Gasteiger partial charge in [0.1, 0.15) is 11.2 Å². The van der Waals surface area contributed by atoms with Crippen molar-refractivity contribution in [2.45, 2.75) is 32.9 Å². The Bertz CT molecular complexity index is 1370. The molecule has 1 atom stereocenters. The minimum atomic E-state index is -1.38. The van der Waals surface area contributed by atoms with E-state index in [4.69, 9.17) is 0 Å². The minimum Gasteiger partial charge on any atom is -0.480 e. The van der Waals surface area contributed by atoms with Crippen molar-refractivity contribution in [1.82, 2.24) is 14.7 Å². The molecule has 6 nitrogen and oxygen atoms in total. The zero-order valence-corrected chi connectivity index (χ0v) is 19.6. The molecule has 0 fully saturated rings. The van der Waals surface area contributed by atoms with Crippen molar-refractivity contribution in [2.24, 2.45) is 0 Å². The normalized spacial score (nSPS) is 13.4. The molecule has 0 aliphatic heterocycles. The minimum absolute atomic E-state index is 0.343. The van der Waals surface area contributed by atoms with E-state index in [9.17, 15) is 15.0 Å². The lowest BCUT2D eigenvalue weighted by Gasteiger charge is -2.24. The van der Waals surface area contributed by atoms with Crippen molar-refractivity contribution >= 4 is 23.8 Å². The van der Waals surface area contributed by atoms with Crippen LogP contribution in [0.25, 0.3) is 28.9 Å². The zero-order chi connectivity index (χ0) is 24.3. The highest BCUT2D eigenvalue weighted by Crippen LogP contribution is 2.27. The van der Waals surface area contributed by atoms with E-state index in [2.05, 4.69) is 66.8 Å². The molecule has 0 saturated carbocycles. The van der Waals surface area contributed by atoms with Gasteiger partial charge in [0.05, 0.1) is 6.61 Å². The highest BCUT2D eigenvalue weighted by molar-refractivity contribution is 5.79. The van der Waals surface area contributed by atoms with Crippen LogP contribution in [0.2, 0.25) is 0 Å². The van der Waals surface area contributed by atoms with Crippen LogP contribution < -0.4 is 5.32 Å². The van der Waals surface area contributed by atoms with E-state index in [0.717, 1.165) is 33.5 Å². The molecule has 2 aromatic carbocycles. The predicted octanol–water partition coefficient (Wildman–Crippen LogP) is 4.71. The van der Waals surface area contributed by atoms with Gasteiger partial charge >= 0.3 is 5.97 Å². The van der Waals surface area contributed by atoms with Crippen LogP contribution in [0.15, 0.2) is 67.1 Å². The molecule has 0 unspecified atom stereocenters. The Morgan fingerprint density at radius 1 is 1.12 bits per heavy atom. The van der Waals surface area contributed by atoms with Crippen LogP contribution in [0.1, 0.15) is 34.7 Å². The first-order valence-electron chi connectivity index (χ1n) is 11.2. The highest BCUT2D eigenvalue weighted by Gasteiger charge is 2.31. The fraction of sp³-hybridized carbons (Fsp3) is 0.214. The summed E-state index contributed by atoms with van der Waals surface area (Å²) < 4.78 is 2.02. The Morgan fingerprint density at radius 2 is 1.91 bits per heavy atom. The summed E-state index contributed by atoms with van der Waals surface area (Å²) in [7, 11) is 0. The lowest BCUT2D eigenvalue weighted by atomic mass is 9.96. The number of aliphatic hydroxyl groups is 1. The van der Waals surface area contributed by atoms with Gasteiger partial charge in [0.15, 0.2) is 0 Å². The maximum Gasteiger partial charge on any atom is 0.326 e. The number of rotatable bonds is 8. The van der Waals surface area contributed by atoms with Crippen LogP contribution in [0.3, 0.4) is 0 Å². The molecule has 0 bridgehead atoms. The number of nitrogens with one attached hydrogen (secondary N) is 1. The van der Waals surface area contributed by atoms with Crippen molar-refractivity contribution in [3.05, 3.63) is 94.9 Å². The van der Waals surface area contributed by atoms with Crippen LogP contribution in [0.4, 0.5) is 0 Å². The first kappa shape index (κ1) is 23.4. The first-order chi connectivity index (χ1) is 16.3. The Hall–Kier alpha value is -3.74. The van der Waals surface area contributed by atoms with Crippen molar-refractivity contribution in [3.8, 4) is 11.1 Å². The number of imidazole rings is 1. The van der Waals surface area contributed by atoms with Crippen LogP contribution in [0.5, 0.6) is 0 Å². The van der Waals surface area contributed by atoms with Crippen molar-refractivity contribution in [1.29, 1.82) is 0 Å². The number of aliphatic carboxylic acids is 1. The maximum atomic E-state index is 11.4. The van der Waals surface area contributed by atoms with Crippen molar-refractivity contribution in [3.63, 3.8) is 0 Å². The summed E-state index contributed by atoms with van der Waals surface area (Å²) in [5.41, 5.74) is 7.30. The Morgan fingerprint density at radius 3 is 2.68 bits per heavy atom. The van der Waals surface area contributed by atoms with E-state index in [1.54, 1.807) is 6.20 Å². The molecule has 0 saturated heterocycles. The lowest BCUT2D eigenvalue weighted by Crippen LogP contribution is -2.52. The summed E-state index contributed by atoms with van der Waals surface area (Å²) in [6.45, 7) is 5.52. The molecule has 174 valence electrons. The number of hydrogen-bond acceptors (Lipinski definition) is 4. The smallest absolute Gasteiger partial charge is 0.326 e. The molecule has 2 heterocycles. The quantitative estimate of drug-likeness (QED) is 0.335. The zero-order valence-electron chi connectivity index (χ0n) is 19.6. The van der Waals surface area contributed by atoms with Gasteiger partial charge in [0, 0.05) is 25.1 Å². The number of carboxylic acid groups (broad SMARTS) is 1. The van der Waals surface area contributed by atoms with Gasteiger partial charge in [-0.15, -0.1) is 0 Å². The Labute approximate surface area is 199 Å². The molecule has 3 N–H and O–H groups in total. The summed E-state index contributed by atoms with van der Waals surface area (Å²) in [5, 5.41) is 21.8. The Balaban J connectivity index is 1.58. The van der Waals surface area contributed by atoms with Crippen molar-refractivity contribution < 1.29 is 15.0 Å². The molecule has 2 aromatic heterocycles. The number of hydrogen-bond donors (Lipinski definition) is 3. The van der Waals surface area contributed by atoms with E-state index >= 15 is 0 Å².